The van der Waals surface area contributed by atoms with Gasteiger partial charge in [0.2, 0.25) is 11.8 Å². The lowest BCUT2D eigenvalue weighted by Gasteiger charge is -2.15. The van der Waals surface area contributed by atoms with Crippen LogP contribution in [0.25, 0.3) is 0 Å². The number of para-hydroxylation sites is 1. The molecule has 2 rings (SSSR count). The molecule has 2 aromatic rings. The zero-order valence-electron chi connectivity index (χ0n) is 13.6. The number of nitrogens with one attached hydrogen (secondary N) is 2. The van der Waals surface area contributed by atoms with Gasteiger partial charge in [0.15, 0.2) is 0 Å². The number of benzene rings is 1. The first-order chi connectivity index (χ1) is 11.2. The predicted molar refractivity (Wildman–Crippen MR) is 91.6 cm³/mol. The van der Waals surface area contributed by atoms with Crippen molar-refractivity contribution in [2.24, 2.45) is 0 Å². The zero-order valence-corrected chi connectivity index (χ0v) is 13.6. The summed E-state index contributed by atoms with van der Waals surface area (Å²) in [7, 11) is 0. The Morgan fingerprint density at radius 3 is 2.70 bits per heavy atom. The molecule has 0 unspecified atom stereocenters. The van der Waals surface area contributed by atoms with Crippen LogP contribution in [0.15, 0.2) is 48.5 Å². The Balaban J connectivity index is 1.78. The Morgan fingerprint density at radius 2 is 1.96 bits per heavy atom. The van der Waals surface area contributed by atoms with Gasteiger partial charge in [-0.1, -0.05) is 24.3 Å². The first-order valence-electron chi connectivity index (χ1n) is 7.84. The number of rotatable bonds is 8. The molecule has 5 nitrogen and oxygen atoms in total. The molecule has 5 heteroatoms. The Morgan fingerprint density at radius 1 is 1.17 bits per heavy atom. The fourth-order valence-electron chi connectivity index (χ4n) is 2.15. The normalized spacial score (nSPS) is 11.6. The highest BCUT2D eigenvalue weighted by atomic mass is 16.5. The predicted octanol–water partition coefficient (Wildman–Crippen LogP) is 2.64. The Kier molecular flexibility index (Phi) is 6.41. The molecule has 0 aliphatic rings. The fraction of sp³-hybridized carbons (Fsp3) is 0.333. The average Bonchev–Trinajstić information content (AvgIpc) is 2.54. The van der Waals surface area contributed by atoms with E-state index in [9.17, 15) is 4.79 Å². The van der Waals surface area contributed by atoms with Gasteiger partial charge < -0.3 is 15.4 Å². The zero-order chi connectivity index (χ0) is 16.5. The maximum absolute atomic E-state index is 12.1. The summed E-state index contributed by atoms with van der Waals surface area (Å²) in [5.74, 6) is 0.505. The second kappa shape index (κ2) is 8.78. The second-order valence-corrected chi connectivity index (χ2v) is 5.29. The SMILES string of the molecule is CCOc1cccc(CC(=O)N[C@@H](C)CNc2ccccc2)n1. The van der Waals surface area contributed by atoms with Crippen LogP contribution in [0.3, 0.4) is 0 Å². The summed E-state index contributed by atoms with van der Waals surface area (Å²) in [5.41, 5.74) is 1.75. The van der Waals surface area contributed by atoms with Gasteiger partial charge in [-0.3, -0.25) is 4.79 Å². The number of carbonyl (C=O) groups excluding carboxylic acids is 1. The van der Waals surface area contributed by atoms with Gasteiger partial charge in [0, 0.05) is 24.3 Å². The quantitative estimate of drug-likeness (QED) is 0.786. The van der Waals surface area contributed by atoms with E-state index in [2.05, 4.69) is 15.6 Å². The van der Waals surface area contributed by atoms with Gasteiger partial charge in [0.05, 0.1) is 18.7 Å². The molecule has 1 aromatic carbocycles. The molecule has 0 bridgehead atoms. The Hall–Kier alpha value is -2.56. The molecule has 1 heterocycles. The van der Waals surface area contributed by atoms with Crippen molar-refractivity contribution in [2.45, 2.75) is 26.3 Å². The molecule has 0 spiro atoms. The van der Waals surface area contributed by atoms with E-state index in [1.807, 2.05) is 56.3 Å². The van der Waals surface area contributed by atoms with E-state index < -0.39 is 0 Å². The molecule has 0 saturated heterocycles. The summed E-state index contributed by atoms with van der Waals surface area (Å²) in [6.45, 7) is 5.10. The number of carbonyl (C=O) groups is 1. The van der Waals surface area contributed by atoms with Crippen molar-refractivity contribution in [1.29, 1.82) is 0 Å². The van der Waals surface area contributed by atoms with Gasteiger partial charge in [0.1, 0.15) is 0 Å². The monoisotopic (exact) mass is 313 g/mol. The number of aromatic nitrogens is 1. The third-order valence-electron chi connectivity index (χ3n) is 3.21. The highest BCUT2D eigenvalue weighted by molar-refractivity contribution is 5.78. The fourth-order valence-corrected chi connectivity index (χ4v) is 2.15. The first-order valence-corrected chi connectivity index (χ1v) is 7.84. The summed E-state index contributed by atoms with van der Waals surface area (Å²) >= 11 is 0. The minimum Gasteiger partial charge on any atom is -0.478 e. The molecule has 0 saturated carbocycles. The molecule has 23 heavy (non-hydrogen) atoms. The summed E-state index contributed by atoms with van der Waals surface area (Å²) in [5, 5.41) is 6.26. The number of hydrogen-bond acceptors (Lipinski definition) is 4. The lowest BCUT2D eigenvalue weighted by atomic mass is 10.2. The highest BCUT2D eigenvalue weighted by Gasteiger charge is 2.09. The number of pyridine rings is 1. The van der Waals surface area contributed by atoms with Crippen molar-refractivity contribution in [2.75, 3.05) is 18.5 Å². The molecule has 0 fully saturated rings. The summed E-state index contributed by atoms with van der Waals surface area (Å²) < 4.78 is 5.34. The summed E-state index contributed by atoms with van der Waals surface area (Å²) in [4.78, 5) is 16.4. The number of anilines is 1. The number of ether oxygens (including phenoxy) is 1. The molecule has 0 aliphatic carbocycles. The van der Waals surface area contributed by atoms with Crippen molar-refractivity contribution in [1.82, 2.24) is 10.3 Å². The van der Waals surface area contributed by atoms with Gasteiger partial charge in [-0.05, 0) is 32.0 Å². The molecule has 2 N–H and O–H groups in total. The van der Waals surface area contributed by atoms with E-state index in [1.165, 1.54) is 0 Å². The molecule has 0 aliphatic heterocycles. The summed E-state index contributed by atoms with van der Waals surface area (Å²) in [6, 6.07) is 15.4. The van der Waals surface area contributed by atoms with E-state index in [1.54, 1.807) is 6.07 Å². The van der Waals surface area contributed by atoms with Gasteiger partial charge >= 0.3 is 0 Å². The molecule has 0 radical (unpaired) electrons. The third kappa shape index (κ3) is 5.98. The highest BCUT2D eigenvalue weighted by Crippen LogP contribution is 2.08. The van der Waals surface area contributed by atoms with Gasteiger partial charge in [-0.2, -0.15) is 0 Å². The molecule has 1 atom stereocenters. The topological polar surface area (TPSA) is 63.2 Å². The second-order valence-electron chi connectivity index (χ2n) is 5.29. The van der Waals surface area contributed by atoms with Crippen LogP contribution >= 0.6 is 0 Å². The van der Waals surface area contributed by atoms with Crippen LogP contribution in [0, 0.1) is 0 Å². The minimum atomic E-state index is -0.0477. The van der Waals surface area contributed by atoms with Crippen LogP contribution in [-0.2, 0) is 11.2 Å². The maximum atomic E-state index is 12.1. The third-order valence-corrected chi connectivity index (χ3v) is 3.21. The van der Waals surface area contributed by atoms with Gasteiger partial charge in [-0.25, -0.2) is 4.98 Å². The Labute approximate surface area is 137 Å². The lowest BCUT2D eigenvalue weighted by molar-refractivity contribution is -0.121. The number of nitrogens with zero attached hydrogens (tertiary/aromatic N) is 1. The van der Waals surface area contributed by atoms with E-state index in [0.29, 0.717) is 24.7 Å². The lowest BCUT2D eigenvalue weighted by Crippen LogP contribution is -2.38. The standard InChI is InChI=1S/C18H23N3O2/c1-3-23-18-11-7-10-16(21-18)12-17(22)20-14(2)13-19-15-8-5-4-6-9-15/h4-11,14,19H,3,12-13H2,1-2H3,(H,20,22)/t14-/m0/s1. The van der Waals surface area contributed by atoms with Crippen LogP contribution in [0.5, 0.6) is 5.88 Å². The van der Waals surface area contributed by atoms with Crippen molar-refractivity contribution in [3.8, 4) is 5.88 Å². The van der Waals surface area contributed by atoms with Crippen LogP contribution < -0.4 is 15.4 Å². The van der Waals surface area contributed by atoms with Crippen molar-refractivity contribution < 1.29 is 9.53 Å². The molecule has 1 amide bonds. The smallest absolute Gasteiger partial charge is 0.226 e. The summed E-state index contributed by atoms with van der Waals surface area (Å²) in [6.07, 6.45) is 0.247. The maximum Gasteiger partial charge on any atom is 0.226 e. The van der Waals surface area contributed by atoms with Gasteiger partial charge in [-0.15, -0.1) is 0 Å². The van der Waals surface area contributed by atoms with E-state index in [-0.39, 0.29) is 18.4 Å². The number of amides is 1. The van der Waals surface area contributed by atoms with E-state index >= 15 is 0 Å². The average molecular weight is 313 g/mol. The van der Waals surface area contributed by atoms with Crippen LogP contribution in [0.2, 0.25) is 0 Å². The number of hydrogen-bond donors (Lipinski definition) is 2. The largest absolute Gasteiger partial charge is 0.478 e. The van der Waals surface area contributed by atoms with Crippen molar-refractivity contribution in [3.63, 3.8) is 0 Å². The molecular formula is C18H23N3O2. The van der Waals surface area contributed by atoms with Crippen LogP contribution in [0.4, 0.5) is 5.69 Å². The van der Waals surface area contributed by atoms with Gasteiger partial charge in [0.25, 0.3) is 0 Å². The Bertz CT molecular complexity index is 617. The first kappa shape index (κ1) is 16.8. The van der Waals surface area contributed by atoms with E-state index in [0.717, 1.165) is 5.69 Å². The minimum absolute atomic E-state index is 0.0257. The molecule has 122 valence electrons. The van der Waals surface area contributed by atoms with Crippen LogP contribution in [0.1, 0.15) is 19.5 Å². The van der Waals surface area contributed by atoms with Crippen molar-refractivity contribution in [3.05, 3.63) is 54.2 Å². The molecule has 1 aromatic heterocycles. The molecular weight excluding hydrogens is 290 g/mol. The van der Waals surface area contributed by atoms with Crippen molar-refractivity contribution >= 4 is 11.6 Å². The van der Waals surface area contributed by atoms with E-state index in [4.69, 9.17) is 4.74 Å². The van der Waals surface area contributed by atoms with Crippen LogP contribution in [-0.4, -0.2) is 30.1 Å².